The van der Waals surface area contributed by atoms with Crippen LogP contribution in [0.5, 0.6) is 0 Å². The fraction of sp³-hybridized carbons (Fsp3) is 0.478. The molecule has 2 aromatic rings. The van der Waals surface area contributed by atoms with E-state index < -0.39 is 0 Å². The summed E-state index contributed by atoms with van der Waals surface area (Å²) in [5.41, 5.74) is 3.80. The molecule has 0 saturated carbocycles. The van der Waals surface area contributed by atoms with Crippen molar-refractivity contribution in [1.29, 1.82) is 0 Å². The standard InChI is InChI=1S/C23H28ClNO/c24-21-9-8-20-7-6-17(14-23(26)22(20)15-21)16-25-12-10-19(11-13-25)18-4-2-1-3-5-18/h1-5,8-9,15,17,19,23,26H,6-7,10-14,16H2/t17-,23-/m0/s1. The number of nitrogens with zero attached hydrogens (tertiary/aromatic N) is 1. The third-order valence-electron chi connectivity index (χ3n) is 6.22. The Bertz CT molecular complexity index is 724. The number of rotatable bonds is 3. The molecule has 0 spiro atoms. The molecule has 0 bridgehead atoms. The number of likely N-dealkylation sites (tertiary alicyclic amines) is 1. The van der Waals surface area contributed by atoms with Crippen molar-refractivity contribution in [2.24, 2.45) is 5.92 Å². The highest BCUT2D eigenvalue weighted by Crippen LogP contribution is 2.35. The van der Waals surface area contributed by atoms with Gasteiger partial charge in [-0.2, -0.15) is 0 Å². The van der Waals surface area contributed by atoms with Gasteiger partial charge < -0.3 is 10.0 Å². The highest BCUT2D eigenvalue weighted by Gasteiger charge is 2.27. The van der Waals surface area contributed by atoms with Crippen LogP contribution in [-0.2, 0) is 6.42 Å². The number of fused-ring (bicyclic) bond motifs is 1. The lowest BCUT2D eigenvalue weighted by Crippen LogP contribution is -2.36. The summed E-state index contributed by atoms with van der Waals surface area (Å²) >= 11 is 6.13. The molecule has 1 heterocycles. The summed E-state index contributed by atoms with van der Waals surface area (Å²) in [5, 5.41) is 11.4. The second-order valence-electron chi connectivity index (χ2n) is 7.98. The quantitative estimate of drug-likeness (QED) is 0.751. The van der Waals surface area contributed by atoms with Crippen molar-refractivity contribution in [3.63, 3.8) is 0 Å². The van der Waals surface area contributed by atoms with Crippen LogP contribution in [0.2, 0.25) is 5.02 Å². The van der Waals surface area contributed by atoms with Gasteiger partial charge in [0.15, 0.2) is 0 Å². The van der Waals surface area contributed by atoms with E-state index in [1.165, 1.54) is 37.1 Å². The number of benzene rings is 2. The molecule has 1 aliphatic carbocycles. The number of hydrogen-bond acceptors (Lipinski definition) is 2. The van der Waals surface area contributed by atoms with Crippen molar-refractivity contribution < 1.29 is 5.11 Å². The molecule has 3 heteroatoms. The first-order chi connectivity index (χ1) is 12.7. The molecule has 2 aliphatic rings. The van der Waals surface area contributed by atoms with E-state index in [1.807, 2.05) is 12.1 Å². The van der Waals surface area contributed by atoms with Gasteiger partial charge in [-0.05, 0) is 85.9 Å². The fourth-order valence-electron chi connectivity index (χ4n) is 4.73. The lowest BCUT2D eigenvalue weighted by molar-refractivity contribution is 0.117. The maximum Gasteiger partial charge on any atom is 0.0796 e. The second kappa shape index (κ2) is 8.12. The Labute approximate surface area is 161 Å². The predicted molar refractivity (Wildman–Crippen MR) is 108 cm³/mol. The maximum absolute atomic E-state index is 10.7. The first-order valence-corrected chi connectivity index (χ1v) is 10.3. The summed E-state index contributed by atoms with van der Waals surface area (Å²) in [6.07, 6.45) is 5.17. The zero-order valence-corrected chi connectivity index (χ0v) is 16.0. The van der Waals surface area contributed by atoms with E-state index in [-0.39, 0.29) is 6.10 Å². The molecule has 2 nitrogen and oxygen atoms in total. The van der Waals surface area contributed by atoms with Gasteiger partial charge in [-0.15, -0.1) is 0 Å². The number of aryl methyl sites for hydroxylation is 1. The Morgan fingerprint density at radius 2 is 1.77 bits per heavy atom. The molecule has 0 radical (unpaired) electrons. The third kappa shape index (κ3) is 4.14. The molecule has 26 heavy (non-hydrogen) atoms. The summed E-state index contributed by atoms with van der Waals surface area (Å²) in [4.78, 5) is 2.61. The highest BCUT2D eigenvalue weighted by atomic mass is 35.5. The Morgan fingerprint density at radius 1 is 1.00 bits per heavy atom. The second-order valence-corrected chi connectivity index (χ2v) is 8.42. The smallest absolute Gasteiger partial charge is 0.0796 e. The summed E-state index contributed by atoms with van der Waals surface area (Å²) in [7, 11) is 0. The zero-order valence-electron chi connectivity index (χ0n) is 15.3. The molecule has 4 rings (SSSR count). The van der Waals surface area contributed by atoms with Gasteiger partial charge in [0.05, 0.1) is 6.10 Å². The van der Waals surface area contributed by atoms with Crippen LogP contribution in [-0.4, -0.2) is 29.6 Å². The van der Waals surface area contributed by atoms with Crippen LogP contribution in [0.1, 0.15) is 54.4 Å². The molecule has 0 unspecified atom stereocenters. The lowest BCUT2D eigenvalue weighted by atomic mass is 9.88. The van der Waals surface area contributed by atoms with Crippen molar-refractivity contribution in [3.05, 3.63) is 70.2 Å². The van der Waals surface area contributed by atoms with Crippen LogP contribution in [0, 0.1) is 5.92 Å². The lowest BCUT2D eigenvalue weighted by Gasteiger charge is -2.34. The summed E-state index contributed by atoms with van der Waals surface area (Å²) in [5.74, 6) is 1.27. The van der Waals surface area contributed by atoms with Gasteiger partial charge in [0.1, 0.15) is 0 Å². The van der Waals surface area contributed by atoms with E-state index in [9.17, 15) is 5.11 Å². The van der Waals surface area contributed by atoms with Crippen molar-refractivity contribution >= 4 is 11.6 Å². The summed E-state index contributed by atoms with van der Waals surface area (Å²) in [6, 6.07) is 16.9. The Hall–Kier alpha value is -1.35. The van der Waals surface area contributed by atoms with Crippen LogP contribution >= 0.6 is 11.6 Å². The predicted octanol–water partition coefficient (Wildman–Crippen LogP) is 5.21. The topological polar surface area (TPSA) is 23.5 Å². The van der Waals surface area contributed by atoms with Crippen LogP contribution < -0.4 is 0 Å². The average Bonchev–Trinajstić information content (AvgIpc) is 2.82. The first-order valence-electron chi connectivity index (χ1n) is 9.92. The number of aliphatic hydroxyl groups excluding tert-OH is 1. The molecule has 2 atom stereocenters. The number of piperidine rings is 1. The largest absolute Gasteiger partial charge is 0.388 e. The normalized spacial score (nSPS) is 24.8. The van der Waals surface area contributed by atoms with Crippen LogP contribution in [0.3, 0.4) is 0 Å². The minimum Gasteiger partial charge on any atom is -0.388 e. The molecule has 138 valence electrons. The molecule has 1 N–H and O–H groups in total. The molecule has 0 aromatic heterocycles. The van der Waals surface area contributed by atoms with Gasteiger partial charge in [0.25, 0.3) is 0 Å². The van der Waals surface area contributed by atoms with Gasteiger partial charge in [0, 0.05) is 11.6 Å². The fourth-order valence-corrected chi connectivity index (χ4v) is 4.91. The minimum atomic E-state index is -0.377. The van der Waals surface area contributed by atoms with Crippen molar-refractivity contribution in [2.75, 3.05) is 19.6 Å². The maximum atomic E-state index is 10.7. The van der Waals surface area contributed by atoms with E-state index in [4.69, 9.17) is 11.6 Å². The number of halogens is 1. The van der Waals surface area contributed by atoms with Gasteiger partial charge in [-0.1, -0.05) is 48.0 Å². The average molecular weight is 370 g/mol. The molecule has 1 aliphatic heterocycles. The molecular formula is C23H28ClNO. The SMILES string of the molecule is O[C@H]1C[C@@H](CN2CCC(c3ccccc3)CC2)CCc2ccc(Cl)cc21. The van der Waals surface area contributed by atoms with E-state index in [1.54, 1.807) is 0 Å². The minimum absolute atomic E-state index is 0.377. The summed E-state index contributed by atoms with van der Waals surface area (Å²) < 4.78 is 0. The first kappa shape index (κ1) is 18.0. The third-order valence-corrected chi connectivity index (χ3v) is 6.46. The van der Waals surface area contributed by atoms with E-state index in [0.29, 0.717) is 11.8 Å². The number of aliphatic hydroxyl groups is 1. The zero-order chi connectivity index (χ0) is 17.9. The molecule has 2 aromatic carbocycles. The Kier molecular flexibility index (Phi) is 5.63. The van der Waals surface area contributed by atoms with Gasteiger partial charge in [-0.3, -0.25) is 0 Å². The Balaban J connectivity index is 1.33. The van der Waals surface area contributed by atoms with E-state index in [2.05, 4.69) is 41.3 Å². The molecule has 1 saturated heterocycles. The van der Waals surface area contributed by atoms with Crippen LogP contribution in [0.4, 0.5) is 0 Å². The van der Waals surface area contributed by atoms with Crippen molar-refractivity contribution in [1.82, 2.24) is 4.90 Å². The highest BCUT2D eigenvalue weighted by molar-refractivity contribution is 6.30. The van der Waals surface area contributed by atoms with Crippen LogP contribution in [0.15, 0.2) is 48.5 Å². The number of hydrogen-bond donors (Lipinski definition) is 1. The molecular weight excluding hydrogens is 342 g/mol. The van der Waals surface area contributed by atoms with Crippen LogP contribution in [0.25, 0.3) is 0 Å². The molecule has 1 fully saturated rings. The van der Waals surface area contributed by atoms with Gasteiger partial charge in [0.2, 0.25) is 0 Å². The van der Waals surface area contributed by atoms with Gasteiger partial charge in [-0.25, -0.2) is 0 Å². The van der Waals surface area contributed by atoms with E-state index >= 15 is 0 Å². The van der Waals surface area contributed by atoms with Gasteiger partial charge >= 0.3 is 0 Å². The Morgan fingerprint density at radius 3 is 2.54 bits per heavy atom. The van der Waals surface area contributed by atoms with Crippen molar-refractivity contribution in [2.45, 2.75) is 44.1 Å². The summed E-state index contributed by atoms with van der Waals surface area (Å²) in [6.45, 7) is 3.45. The van der Waals surface area contributed by atoms with Crippen molar-refractivity contribution in [3.8, 4) is 0 Å². The van der Waals surface area contributed by atoms with E-state index in [0.717, 1.165) is 36.4 Å². The monoisotopic (exact) mass is 369 g/mol. The molecule has 0 amide bonds.